The molecule has 10 nitrogen and oxygen atoms in total. The second-order valence-electron chi connectivity index (χ2n) is 6.11. The van der Waals surface area contributed by atoms with Crippen LogP contribution < -0.4 is 11.4 Å². The average molecular weight is 414 g/mol. The van der Waals surface area contributed by atoms with Crippen LogP contribution in [0.25, 0.3) is 27.4 Å². The van der Waals surface area contributed by atoms with Gasteiger partial charge in [0.05, 0.1) is 23.1 Å². The minimum atomic E-state index is -0.0778. The van der Waals surface area contributed by atoms with Gasteiger partial charge in [0.1, 0.15) is 16.3 Å². The lowest BCUT2D eigenvalue weighted by Crippen LogP contribution is -2.19. The molecule has 12 heteroatoms. The molecule has 0 atom stereocenters. The Morgan fingerprint density at radius 3 is 2.89 bits per heavy atom. The topological polar surface area (TPSA) is 122 Å². The Kier molecular flexibility index (Phi) is 3.77. The Balaban J connectivity index is 1.52. The molecule has 5 aromatic heterocycles. The highest BCUT2D eigenvalue weighted by Crippen LogP contribution is 2.27. The van der Waals surface area contributed by atoms with E-state index in [9.17, 15) is 4.79 Å². The molecule has 0 saturated carbocycles. The Labute approximate surface area is 165 Å². The van der Waals surface area contributed by atoms with Crippen LogP contribution in [-0.4, -0.2) is 34.0 Å². The Bertz CT molecular complexity index is 1390. The van der Waals surface area contributed by atoms with E-state index in [0.717, 1.165) is 16.8 Å². The third-order valence-corrected chi connectivity index (χ3v) is 6.32. The third-order valence-electron chi connectivity index (χ3n) is 4.49. The van der Waals surface area contributed by atoms with E-state index < -0.39 is 0 Å². The zero-order valence-corrected chi connectivity index (χ0v) is 16.5. The zero-order chi connectivity index (χ0) is 19.4. The molecule has 5 heterocycles. The molecule has 0 radical (unpaired) electrons. The van der Waals surface area contributed by atoms with Gasteiger partial charge >= 0.3 is 0 Å². The quantitative estimate of drug-likeness (QED) is 0.349. The summed E-state index contributed by atoms with van der Waals surface area (Å²) in [6, 6.07) is 3.70. The van der Waals surface area contributed by atoms with Crippen LogP contribution in [0.5, 0.6) is 0 Å². The van der Waals surface area contributed by atoms with Gasteiger partial charge in [0.15, 0.2) is 5.82 Å². The predicted molar refractivity (Wildman–Crippen MR) is 106 cm³/mol. The van der Waals surface area contributed by atoms with Crippen LogP contribution in [0.15, 0.2) is 38.1 Å². The summed E-state index contributed by atoms with van der Waals surface area (Å²) in [5.74, 6) is 9.08. The maximum atomic E-state index is 12.4. The number of fused-ring (bicyclic) bond motifs is 3. The third kappa shape index (κ3) is 2.38. The summed E-state index contributed by atoms with van der Waals surface area (Å²) < 4.78 is 10.8. The number of rotatable bonds is 4. The largest absolute Gasteiger partial charge is 0.469 e. The van der Waals surface area contributed by atoms with Gasteiger partial charge in [-0.2, -0.15) is 0 Å². The Morgan fingerprint density at radius 1 is 1.25 bits per heavy atom. The number of nitrogens with two attached hydrogens (primary N) is 1. The van der Waals surface area contributed by atoms with Crippen molar-refractivity contribution >= 4 is 39.1 Å². The summed E-state index contributed by atoms with van der Waals surface area (Å²) in [4.78, 5) is 12.4. The average Bonchev–Trinajstić information content (AvgIpc) is 3.44. The number of aromatic nitrogens is 7. The number of thioether (sulfide) groups is 1. The number of nitrogens with zero attached hydrogens (tertiary/aromatic N) is 7. The summed E-state index contributed by atoms with van der Waals surface area (Å²) in [6.45, 7) is 1.84. The number of hydrogen-bond donors (Lipinski definition) is 1. The van der Waals surface area contributed by atoms with Crippen LogP contribution in [0.1, 0.15) is 11.6 Å². The highest BCUT2D eigenvalue weighted by atomic mass is 32.2. The van der Waals surface area contributed by atoms with Gasteiger partial charge in [-0.05, 0) is 24.4 Å². The molecular weight excluding hydrogens is 400 g/mol. The van der Waals surface area contributed by atoms with Crippen molar-refractivity contribution < 1.29 is 4.42 Å². The van der Waals surface area contributed by atoms with Crippen molar-refractivity contribution in [3.05, 3.63) is 45.7 Å². The number of aryl methyl sites for hydroxylation is 2. The second-order valence-corrected chi connectivity index (χ2v) is 7.96. The Morgan fingerprint density at radius 2 is 2.11 bits per heavy atom. The standard InChI is InChI=1S/C16H14N8O2S2/c1-8-9(3-5-26-8)13-19-21-16(24(13)17)28-7-11-18-20-15-22(2)14(25)12-10(23(11)15)4-6-27-12/h3-6H,7,17H2,1-2H3. The second kappa shape index (κ2) is 6.21. The maximum Gasteiger partial charge on any atom is 0.272 e. The molecule has 0 saturated heterocycles. The summed E-state index contributed by atoms with van der Waals surface area (Å²) in [6.07, 6.45) is 1.59. The van der Waals surface area contributed by atoms with Gasteiger partial charge in [0.2, 0.25) is 10.9 Å². The first-order valence-corrected chi connectivity index (χ1v) is 10.1. The fourth-order valence-corrected chi connectivity index (χ4v) is 4.67. The predicted octanol–water partition coefficient (Wildman–Crippen LogP) is 1.81. The summed E-state index contributed by atoms with van der Waals surface area (Å²) in [5.41, 5.74) is 1.52. The molecule has 142 valence electrons. The van der Waals surface area contributed by atoms with E-state index in [4.69, 9.17) is 10.3 Å². The van der Waals surface area contributed by atoms with E-state index in [0.29, 0.717) is 33.0 Å². The zero-order valence-electron chi connectivity index (χ0n) is 14.9. The van der Waals surface area contributed by atoms with E-state index in [1.807, 2.05) is 22.8 Å². The molecule has 0 spiro atoms. The molecule has 5 rings (SSSR count). The van der Waals surface area contributed by atoms with Gasteiger partial charge in [-0.1, -0.05) is 11.8 Å². The van der Waals surface area contributed by atoms with Crippen molar-refractivity contribution in [2.75, 3.05) is 5.84 Å². The van der Waals surface area contributed by atoms with Crippen molar-refractivity contribution in [3.8, 4) is 11.4 Å². The van der Waals surface area contributed by atoms with Gasteiger partial charge in [0.25, 0.3) is 5.56 Å². The number of thiophene rings is 1. The summed E-state index contributed by atoms with van der Waals surface area (Å²) in [7, 11) is 1.69. The number of nitrogen functional groups attached to an aromatic ring is 1. The normalized spacial score (nSPS) is 11.8. The van der Waals surface area contributed by atoms with Gasteiger partial charge < -0.3 is 10.3 Å². The molecule has 0 unspecified atom stereocenters. The van der Waals surface area contributed by atoms with Crippen molar-refractivity contribution in [3.63, 3.8) is 0 Å². The lowest BCUT2D eigenvalue weighted by molar-refractivity contribution is 0.535. The van der Waals surface area contributed by atoms with E-state index in [1.165, 1.54) is 32.3 Å². The molecule has 0 amide bonds. The van der Waals surface area contributed by atoms with Gasteiger partial charge in [0, 0.05) is 7.05 Å². The first-order valence-electron chi connectivity index (χ1n) is 8.24. The minimum absolute atomic E-state index is 0.0778. The van der Waals surface area contributed by atoms with E-state index in [1.54, 1.807) is 19.4 Å². The van der Waals surface area contributed by atoms with Crippen LogP contribution in [0.3, 0.4) is 0 Å². The van der Waals surface area contributed by atoms with Crippen LogP contribution >= 0.6 is 23.1 Å². The number of furan rings is 1. The van der Waals surface area contributed by atoms with Crippen LogP contribution in [-0.2, 0) is 12.8 Å². The molecule has 0 bridgehead atoms. The molecule has 0 aliphatic rings. The molecule has 28 heavy (non-hydrogen) atoms. The van der Waals surface area contributed by atoms with Crippen molar-refractivity contribution in [1.29, 1.82) is 0 Å². The van der Waals surface area contributed by atoms with Gasteiger partial charge in [-0.25, -0.2) is 4.68 Å². The summed E-state index contributed by atoms with van der Waals surface area (Å²) >= 11 is 2.79. The van der Waals surface area contributed by atoms with E-state index in [2.05, 4.69) is 20.4 Å². The van der Waals surface area contributed by atoms with Gasteiger partial charge in [-0.15, -0.1) is 31.7 Å². The van der Waals surface area contributed by atoms with Crippen LogP contribution in [0, 0.1) is 6.92 Å². The van der Waals surface area contributed by atoms with E-state index >= 15 is 0 Å². The fraction of sp³-hybridized carbons (Fsp3) is 0.188. The lowest BCUT2D eigenvalue weighted by Gasteiger charge is -2.05. The monoisotopic (exact) mass is 414 g/mol. The first-order chi connectivity index (χ1) is 13.6. The van der Waals surface area contributed by atoms with Crippen molar-refractivity contribution in [2.24, 2.45) is 7.05 Å². The van der Waals surface area contributed by atoms with Crippen molar-refractivity contribution in [1.82, 2.24) is 34.0 Å². The highest BCUT2D eigenvalue weighted by molar-refractivity contribution is 7.98. The van der Waals surface area contributed by atoms with Crippen LogP contribution in [0.2, 0.25) is 0 Å². The number of hydrogen-bond acceptors (Lipinski definition) is 9. The molecule has 2 N–H and O–H groups in total. The Hall–Kier alpha value is -3.12. The lowest BCUT2D eigenvalue weighted by atomic mass is 10.2. The van der Waals surface area contributed by atoms with E-state index in [-0.39, 0.29) is 5.56 Å². The minimum Gasteiger partial charge on any atom is -0.469 e. The molecule has 0 fully saturated rings. The smallest absolute Gasteiger partial charge is 0.272 e. The first kappa shape index (κ1) is 17.0. The maximum absolute atomic E-state index is 12.4. The molecule has 0 aliphatic heterocycles. The molecular formula is C16H14N8O2S2. The SMILES string of the molecule is Cc1occc1-c1nnc(SCc2nnc3n(C)c(=O)c4sccc4n23)n1N. The molecule has 0 aliphatic carbocycles. The molecule has 5 aromatic rings. The molecule has 0 aromatic carbocycles. The highest BCUT2D eigenvalue weighted by Gasteiger charge is 2.19. The van der Waals surface area contributed by atoms with Gasteiger partial charge in [-0.3, -0.25) is 13.8 Å². The van der Waals surface area contributed by atoms with Crippen LogP contribution in [0.4, 0.5) is 0 Å². The summed E-state index contributed by atoms with van der Waals surface area (Å²) in [5, 5.41) is 19.2. The fourth-order valence-electron chi connectivity index (χ4n) is 3.05. The van der Waals surface area contributed by atoms with Crippen molar-refractivity contribution in [2.45, 2.75) is 17.8 Å².